The van der Waals surface area contributed by atoms with Gasteiger partial charge in [0.25, 0.3) is 0 Å². The second-order valence-electron chi connectivity index (χ2n) is 4.78. The average molecular weight is 268 g/mol. The molecule has 1 unspecified atom stereocenters. The van der Waals surface area contributed by atoms with Crippen molar-refractivity contribution in [2.24, 2.45) is 0 Å². The van der Waals surface area contributed by atoms with Gasteiger partial charge in [-0.3, -0.25) is 9.78 Å². The number of rotatable bonds is 3. The highest BCUT2D eigenvalue weighted by Crippen LogP contribution is 2.23. The van der Waals surface area contributed by atoms with Crippen LogP contribution in [0.15, 0.2) is 30.5 Å². The van der Waals surface area contributed by atoms with Crippen molar-refractivity contribution in [2.45, 2.75) is 19.8 Å². The van der Waals surface area contributed by atoms with Crippen molar-refractivity contribution < 1.29 is 4.79 Å². The number of hydrogen-bond acceptors (Lipinski definition) is 3. The summed E-state index contributed by atoms with van der Waals surface area (Å²) in [4.78, 5) is 24.1. The molecule has 0 saturated heterocycles. The fraction of sp³-hybridized carbons (Fsp3) is 0.267. The molecule has 5 heteroatoms. The summed E-state index contributed by atoms with van der Waals surface area (Å²) >= 11 is 0. The van der Waals surface area contributed by atoms with Gasteiger partial charge in [-0.2, -0.15) is 0 Å². The number of hydrogen-bond donors (Lipinski definition) is 2. The molecule has 1 amide bonds. The normalized spacial score (nSPS) is 12.7. The molecule has 0 bridgehead atoms. The highest BCUT2D eigenvalue weighted by molar-refractivity contribution is 6.02. The molecule has 2 heterocycles. The maximum absolute atomic E-state index is 11.9. The Morgan fingerprint density at radius 1 is 1.40 bits per heavy atom. The number of amides is 1. The number of para-hydroxylation sites is 1. The number of benzene rings is 1. The van der Waals surface area contributed by atoms with Crippen molar-refractivity contribution in [1.29, 1.82) is 0 Å². The van der Waals surface area contributed by atoms with Crippen LogP contribution in [-0.4, -0.2) is 27.4 Å². The van der Waals surface area contributed by atoms with Crippen molar-refractivity contribution >= 4 is 27.8 Å². The predicted molar refractivity (Wildman–Crippen MR) is 78.5 cm³/mol. The van der Waals surface area contributed by atoms with E-state index in [0.29, 0.717) is 12.4 Å². The van der Waals surface area contributed by atoms with Gasteiger partial charge in [-0.1, -0.05) is 18.2 Å². The van der Waals surface area contributed by atoms with E-state index in [0.717, 1.165) is 21.9 Å². The topological polar surface area (TPSA) is 70.7 Å². The molecule has 2 N–H and O–H groups in total. The van der Waals surface area contributed by atoms with Crippen LogP contribution in [0.2, 0.25) is 0 Å². The molecule has 0 aliphatic rings. The van der Waals surface area contributed by atoms with E-state index in [1.807, 2.05) is 38.1 Å². The van der Waals surface area contributed by atoms with Crippen LogP contribution >= 0.6 is 0 Å². The molecule has 3 aromatic rings. The number of imidazole rings is 1. The Morgan fingerprint density at radius 2 is 2.20 bits per heavy atom. The molecule has 0 radical (unpaired) electrons. The zero-order valence-electron chi connectivity index (χ0n) is 11.5. The smallest absolute Gasteiger partial charge is 0.230 e. The molecular weight excluding hydrogens is 252 g/mol. The lowest BCUT2D eigenvalue weighted by Gasteiger charge is -2.07. The lowest BCUT2D eigenvalue weighted by atomic mass is 10.1. The van der Waals surface area contributed by atoms with Crippen LogP contribution in [0.25, 0.3) is 21.9 Å². The summed E-state index contributed by atoms with van der Waals surface area (Å²) in [5.74, 6) is 0.342. The van der Waals surface area contributed by atoms with E-state index >= 15 is 0 Å². The quantitative estimate of drug-likeness (QED) is 0.766. The summed E-state index contributed by atoms with van der Waals surface area (Å²) in [6.07, 6.45) is 1.76. The van der Waals surface area contributed by atoms with Crippen LogP contribution in [0.1, 0.15) is 25.6 Å². The van der Waals surface area contributed by atoms with E-state index in [-0.39, 0.29) is 11.8 Å². The minimum absolute atomic E-state index is 0.0242. The van der Waals surface area contributed by atoms with Gasteiger partial charge in [0, 0.05) is 11.9 Å². The molecule has 3 rings (SSSR count). The molecule has 0 spiro atoms. The summed E-state index contributed by atoms with van der Waals surface area (Å²) in [6, 6.07) is 7.86. The van der Waals surface area contributed by atoms with Crippen molar-refractivity contribution in [3.63, 3.8) is 0 Å². The van der Waals surface area contributed by atoms with E-state index < -0.39 is 0 Å². The number of pyridine rings is 1. The molecule has 1 atom stereocenters. The summed E-state index contributed by atoms with van der Waals surface area (Å²) in [6.45, 7) is 4.37. The van der Waals surface area contributed by atoms with Gasteiger partial charge >= 0.3 is 0 Å². The Hall–Kier alpha value is -2.43. The maximum Gasteiger partial charge on any atom is 0.230 e. The highest BCUT2D eigenvalue weighted by atomic mass is 16.1. The van der Waals surface area contributed by atoms with Crippen LogP contribution in [0.5, 0.6) is 0 Å². The van der Waals surface area contributed by atoms with E-state index in [4.69, 9.17) is 0 Å². The van der Waals surface area contributed by atoms with E-state index in [9.17, 15) is 4.79 Å². The Balaban J connectivity index is 2.11. The lowest BCUT2D eigenvalue weighted by molar-refractivity contribution is -0.122. The third-order valence-corrected chi connectivity index (χ3v) is 3.40. The number of fused-ring (bicyclic) bond motifs is 3. The standard InChI is InChI=1S/C15H16N4O/c1-3-16-15(20)9(2)14-18-12-8-17-11-7-5-4-6-10(11)13(12)19-14/h4-9H,3H2,1-2H3,(H,16,20)(H,18,19). The van der Waals surface area contributed by atoms with Gasteiger partial charge in [0.05, 0.1) is 28.7 Å². The first-order valence-electron chi connectivity index (χ1n) is 6.71. The molecular formula is C15H16N4O. The SMILES string of the molecule is CCNC(=O)C(C)c1nc2c(cnc3ccccc32)[nH]1. The lowest BCUT2D eigenvalue weighted by Crippen LogP contribution is -2.28. The zero-order chi connectivity index (χ0) is 14.1. The number of H-pyrrole nitrogens is 1. The van der Waals surface area contributed by atoms with Crippen molar-refractivity contribution in [3.8, 4) is 0 Å². The summed E-state index contributed by atoms with van der Waals surface area (Å²) in [7, 11) is 0. The van der Waals surface area contributed by atoms with Crippen LogP contribution in [0.3, 0.4) is 0 Å². The predicted octanol–water partition coefficient (Wildman–Crippen LogP) is 2.35. The molecule has 0 aliphatic heterocycles. The van der Waals surface area contributed by atoms with Crippen LogP contribution < -0.4 is 5.32 Å². The summed E-state index contributed by atoms with van der Waals surface area (Å²) in [5.41, 5.74) is 2.63. The number of nitrogens with one attached hydrogen (secondary N) is 2. The van der Waals surface area contributed by atoms with Crippen molar-refractivity contribution in [2.75, 3.05) is 6.54 Å². The molecule has 0 saturated carbocycles. The fourth-order valence-corrected chi connectivity index (χ4v) is 2.28. The van der Waals surface area contributed by atoms with Crippen molar-refractivity contribution in [3.05, 3.63) is 36.3 Å². The highest BCUT2D eigenvalue weighted by Gasteiger charge is 2.19. The number of likely N-dealkylation sites (N-methyl/N-ethyl adjacent to an activating group) is 1. The fourth-order valence-electron chi connectivity index (χ4n) is 2.28. The second kappa shape index (κ2) is 4.92. The molecule has 0 aliphatic carbocycles. The Labute approximate surface area is 116 Å². The van der Waals surface area contributed by atoms with Gasteiger partial charge < -0.3 is 10.3 Å². The Bertz CT molecular complexity index is 778. The van der Waals surface area contributed by atoms with Gasteiger partial charge in [0.2, 0.25) is 5.91 Å². The van der Waals surface area contributed by atoms with Gasteiger partial charge in [0.1, 0.15) is 5.82 Å². The third-order valence-electron chi connectivity index (χ3n) is 3.40. The second-order valence-corrected chi connectivity index (χ2v) is 4.78. The van der Waals surface area contributed by atoms with Crippen molar-refractivity contribution in [1.82, 2.24) is 20.3 Å². The average Bonchev–Trinajstić information content (AvgIpc) is 2.91. The molecule has 102 valence electrons. The largest absolute Gasteiger partial charge is 0.356 e. The van der Waals surface area contributed by atoms with Crippen LogP contribution in [-0.2, 0) is 4.79 Å². The zero-order valence-corrected chi connectivity index (χ0v) is 11.5. The van der Waals surface area contributed by atoms with Gasteiger partial charge in [-0.15, -0.1) is 0 Å². The monoisotopic (exact) mass is 268 g/mol. The summed E-state index contributed by atoms with van der Waals surface area (Å²) < 4.78 is 0. The number of aromatic nitrogens is 3. The maximum atomic E-state index is 11.9. The number of aromatic amines is 1. The molecule has 0 fully saturated rings. The Morgan fingerprint density at radius 3 is 3.00 bits per heavy atom. The van der Waals surface area contributed by atoms with E-state index in [2.05, 4.69) is 20.3 Å². The Kier molecular flexibility index (Phi) is 3.10. The van der Waals surface area contributed by atoms with Gasteiger partial charge in [-0.05, 0) is 19.9 Å². The van der Waals surface area contributed by atoms with Crippen LogP contribution in [0, 0.1) is 0 Å². The number of nitrogens with zero attached hydrogens (tertiary/aromatic N) is 2. The van der Waals surface area contributed by atoms with E-state index in [1.54, 1.807) is 6.20 Å². The molecule has 2 aromatic heterocycles. The van der Waals surface area contributed by atoms with Crippen LogP contribution in [0.4, 0.5) is 0 Å². The minimum Gasteiger partial charge on any atom is -0.356 e. The first-order chi connectivity index (χ1) is 9.70. The molecule has 1 aromatic carbocycles. The van der Waals surface area contributed by atoms with Gasteiger partial charge in [-0.25, -0.2) is 4.98 Å². The first-order valence-corrected chi connectivity index (χ1v) is 6.71. The summed E-state index contributed by atoms with van der Waals surface area (Å²) in [5, 5.41) is 3.81. The minimum atomic E-state index is -0.305. The third kappa shape index (κ3) is 2.01. The molecule has 20 heavy (non-hydrogen) atoms. The number of carbonyl (C=O) groups is 1. The molecule has 5 nitrogen and oxygen atoms in total. The van der Waals surface area contributed by atoms with Gasteiger partial charge in [0.15, 0.2) is 0 Å². The number of carbonyl (C=O) groups excluding carboxylic acids is 1. The van der Waals surface area contributed by atoms with E-state index in [1.165, 1.54) is 0 Å². The first kappa shape index (κ1) is 12.6.